The van der Waals surface area contributed by atoms with Crippen molar-refractivity contribution < 1.29 is 18.8 Å². The molecule has 0 aliphatic heterocycles. The van der Waals surface area contributed by atoms with Crippen molar-refractivity contribution in [3.05, 3.63) is 53.9 Å². The summed E-state index contributed by atoms with van der Waals surface area (Å²) in [4.78, 5) is 17.5. The van der Waals surface area contributed by atoms with Crippen LogP contribution in [0.1, 0.15) is 50.8 Å². The van der Waals surface area contributed by atoms with E-state index in [1.54, 1.807) is 36.4 Å². The SMILES string of the molecule is CCOc1ccc(NC(=O)c2ccccc2-c2nc(C(C)(C)C)no2)cc1OCC. The number of hydrogen-bond donors (Lipinski definition) is 1. The van der Waals surface area contributed by atoms with Gasteiger partial charge < -0.3 is 19.3 Å². The lowest BCUT2D eigenvalue weighted by atomic mass is 9.96. The number of benzene rings is 2. The van der Waals surface area contributed by atoms with Crippen molar-refractivity contribution in [1.29, 1.82) is 0 Å². The summed E-state index contributed by atoms with van der Waals surface area (Å²) in [5.74, 6) is 1.83. The number of ether oxygens (including phenoxy) is 2. The van der Waals surface area contributed by atoms with E-state index in [0.717, 1.165) is 0 Å². The zero-order chi connectivity index (χ0) is 21.7. The van der Waals surface area contributed by atoms with Crippen molar-refractivity contribution in [2.45, 2.75) is 40.0 Å². The van der Waals surface area contributed by atoms with Gasteiger partial charge in [0.2, 0.25) is 0 Å². The lowest BCUT2D eigenvalue weighted by Crippen LogP contribution is -2.14. The molecule has 0 radical (unpaired) electrons. The molecule has 0 atom stereocenters. The molecule has 158 valence electrons. The highest BCUT2D eigenvalue weighted by atomic mass is 16.5. The van der Waals surface area contributed by atoms with Crippen molar-refractivity contribution >= 4 is 11.6 Å². The maximum Gasteiger partial charge on any atom is 0.258 e. The molecule has 0 saturated carbocycles. The van der Waals surface area contributed by atoms with Gasteiger partial charge in [-0.05, 0) is 38.1 Å². The van der Waals surface area contributed by atoms with Crippen LogP contribution in [0.25, 0.3) is 11.5 Å². The minimum absolute atomic E-state index is 0.253. The van der Waals surface area contributed by atoms with Gasteiger partial charge in [-0.2, -0.15) is 4.98 Å². The smallest absolute Gasteiger partial charge is 0.258 e. The molecule has 0 unspecified atom stereocenters. The van der Waals surface area contributed by atoms with Crippen LogP contribution in [0.5, 0.6) is 11.5 Å². The predicted octanol–water partition coefficient (Wildman–Crippen LogP) is 5.08. The maximum absolute atomic E-state index is 13.0. The van der Waals surface area contributed by atoms with Crippen LogP contribution in [0.2, 0.25) is 0 Å². The molecule has 3 aromatic rings. The third-order valence-electron chi connectivity index (χ3n) is 4.30. The van der Waals surface area contributed by atoms with Gasteiger partial charge in [-0.1, -0.05) is 38.1 Å². The Kier molecular flexibility index (Phi) is 6.40. The largest absolute Gasteiger partial charge is 0.490 e. The van der Waals surface area contributed by atoms with Crippen LogP contribution >= 0.6 is 0 Å². The monoisotopic (exact) mass is 409 g/mol. The van der Waals surface area contributed by atoms with Gasteiger partial charge in [-0.25, -0.2) is 0 Å². The fraction of sp³-hybridized carbons (Fsp3) is 0.348. The van der Waals surface area contributed by atoms with E-state index >= 15 is 0 Å². The lowest BCUT2D eigenvalue weighted by molar-refractivity contribution is 0.102. The van der Waals surface area contributed by atoms with Crippen molar-refractivity contribution in [2.24, 2.45) is 0 Å². The molecular formula is C23H27N3O4. The molecule has 0 fully saturated rings. The van der Waals surface area contributed by atoms with Gasteiger partial charge in [0.05, 0.1) is 24.3 Å². The molecule has 0 saturated heterocycles. The van der Waals surface area contributed by atoms with Crippen molar-refractivity contribution in [2.75, 3.05) is 18.5 Å². The topological polar surface area (TPSA) is 86.5 Å². The number of anilines is 1. The quantitative estimate of drug-likeness (QED) is 0.585. The number of nitrogens with one attached hydrogen (secondary N) is 1. The Hall–Kier alpha value is -3.35. The third-order valence-corrected chi connectivity index (χ3v) is 4.30. The molecule has 0 bridgehead atoms. The summed E-state index contributed by atoms with van der Waals surface area (Å²) in [6, 6.07) is 12.4. The fourth-order valence-electron chi connectivity index (χ4n) is 2.83. The summed E-state index contributed by atoms with van der Waals surface area (Å²) in [6.45, 7) is 10.8. The van der Waals surface area contributed by atoms with Gasteiger partial charge in [0, 0.05) is 17.2 Å². The molecule has 0 aliphatic carbocycles. The summed E-state index contributed by atoms with van der Waals surface area (Å²) in [5.41, 5.74) is 1.36. The van der Waals surface area contributed by atoms with Crippen LogP contribution in [0, 0.1) is 0 Å². The molecule has 7 nitrogen and oxygen atoms in total. The van der Waals surface area contributed by atoms with Crippen LogP contribution in [0.15, 0.2) is 47.0 Å². The first-order valence-electron chi connectivity index (χ1n) is 9.98. The summed E-state index contributed by atoms with van der Waals surface area (Å²) in [5, 5.41) is 6.97. The van der Waals surface area contributed by atoms with Crippen molar-refractivity contribution in [1.82, 2.24) is 10.1 Å². The fourth-order valence-corrected chi connectivity index (χ4v) is 2.83. The third kappa shape index (κ3) is 4.79. The molecule has 30 heavy (non-hydrogen) atoms. The van der Waals surface area contributed by atoms with Gasteiger partial charge >= 0.3 is 0 Å². The highest BCUT2D eigenvalue weighted by molar-refractivity contribution is 6.08. The Bertz CT molecular complexity index is 1020. The Morgan fingerprint density at radius 3 is 2.40 bits per heavy atom. The van der Waals surface area contributed by atoms with E-state index in [4.69, 9.17) is 14.0 Å². The van der Waals surface area contributed by atoms with E-state index in [-0.39, 0.29) is 11.3 Å². The molecule has 0 aliphatic rings. The average molecular weight is 409 g/mol. The van der Waals surface area contributed by atoms with E-state index in [1.807, 2.05) is 40.7 Å². The molecule has 1 amide bonds. The molecule has 7 heteroatoms. The molecule has 3 rings (SSSR count). The Balaban J connectivity index is 1.88. The van der Waals surface area contributed by atoms with Crippen molar-refractivity contribution in [3.8, 4) is 23.0 Å². The number of aromatic nitrogens is 2. The molecule has 1 N–H and O–H groups in total. The van der Waals surface area contributed by atoms with E-state index in [9.17, 15) is 4.79 Å². The average Bonchev–Trinajstić information content (AvgIpc) is 3.21. The van der Waals surface area contributed by atoms with Crippen LogP contribution in [0.4, 0.5) is 5.69 Å². The van der Waals surface area contributed by atoms with Gasteiger partial charge in [0.15, 0.2) is 17.3 Å². The van der Waals surface area contributed by atoms with Crippen LogP contribution in [-0.4, -0.2) is 29.3 Å². The highest BCUT2D eigenvalue weighted by Crippen LogP contribution is 2.31. The number of hydrogen-bond acceptors (Lipinski definition) is 6. The second kappa shape index (κ2) is 8.98. The number of rotatable bonds is 7. The second-order valence-electron chi connectivity index (χ2n) is 7.70. The van der Waals surface area contributed by atoms with Gasteiger partial charge in [-0.3, -0.25) is 4.79 Å². The normalized spacial score (nSPS) is 11.2. The van der Waals surface area contributed by atoms with E-state index < -0.39 is 0 Å². The zero-order valence-electron chi connectivity index (χ0n) is 18.0. The number of carbonyl (C=O) groups is 1. The Morgan fingerprint density at radius 1 is 1.03 bits per heavy atom. The number of nitrogens with zero attached hydrogens (tertiary/aromatic N) is 2. The minimum Gasteiger partial charge on any atom is -0.490 e. The van der Waals surface area contributed by atoms with E-state index in [2.05, 4.69) is 15.5 Å². The molecule has 1 heterocycles. The first-order valence-corrected chi connectivity index (χ1v) is 9.98. The summed E-state index contributed by atoms with van der Waals surface area (Å²) in [6.07, 6.45) is 0. The zero-order valence-corrected chi connectivity index (χ0v) is 18.0. The highest BCUT2D eigenvalue weighted by Gasteiger charge is 2.23. The first kappa shape index (κ1) is 21.4. The summed E-state index contributed by atoms with van der Waals surface area (Å²) < 4.78 is 16.6. The predicted molar refractivity (Wildman–Crippen MR) is 115 cm³/mol. The molecule has 1 aromatic heterocycles. The molecular weight excluding hydrogens is 382 g/mol. The van der Waals surface area contributed by atoms with Crippen LogP contribution < -0.4 is 14.8 Å². The number of carbonyl (C=O) groups excluding carboxylic acids is 1. The van der Waals surface area contributed by atoms with Gasteiger partial charge in [0.25, 0.3) is 11.8 Å². The van der Waals surface area contributed by atoms with Gasteiger partial charge in [0.1, 0.15) is 0 Å². The van der Waals surface area contributed by atoms with Crippen molar-refractivity contribution in [3.63, 3.8) is 0 Å². The Morgan fingerprint density at radius 2 is 1.73 bits per heavy atom. The standard InChI is InChI=1S/C23H27N3O4/c1-6-28-18-13-12-15(14-19(18)29-7-2)24-20(27)16-10-8-9-11-17(16)21-25-22(26-30-21)23(3,4)5/h8-14H,6-7H2,1-5H3,(H,24,27). The minimum atomic E-state index is -0.285. The molecule has 2 aromatic carbocycles. The van der Waals surface area contributed by atoms with E-state index in [0.29, 0.717) is 53.2 Å². The van der Waals surface area contributed by atoms with Crippen LogP contribution in [0.3, 0.4) is 0 Å². The Labute approximate surface area is 176 Å². The first-order chi connectivity index (χ1) is 14.3. The second-order valence-corrected chi connectivity index (χ2v) is 7.70. The lowest BCUT2D eigenvalue weighted by Gasteiger charge is -2.13. The molecule has 0 spiro atoms. The number of amides is 1. The van der Waals surface area contributed by atoms with E-state index in [1.165, 1.54) is 0 Å². The van der Waals surface area contributed by atoms with Crippen LogP contribution in [-0.2, 0) is 5.41 Å². The summed E-state index contributed by atoms with van der Waals surface area (Å²) in [7, 11) is 0. The van der Waals surface area contributed by atoms with Gasteiger partial charge in [-0.15, -0.1) is 0 Å². The maximum atomic E-state index is 13.0. The summed E-state index contributed by atoms with van der Waals surface area (Å²) >= 11 is 0.